The Labute approximate surface area is 125 Å². The SMILES string of the molecule is O=C(N/N=C\c1cc([N+](=O)[O-])ccc1[O-])Nc1ccccc1. The minimum atomic E-state index is -0.619. The minimum absolute atomic E-state index is 0.00853. The first-order chi connectivity index (χ1) is 10.6. The summed E-state index contributed by atoms with van der Waals surface area (Å²) in [4.78, 5) is 21.6. The normalized spacial score (nSPS) is 10.4. The van der Waals surface area contributed by atoms with Crippen LogP contribution < -0.4 is 15.8 Å². The molecular weight excluding hydrogens is 288 g/mol. The largest absolute Gasteiger partial charge is 0.872 e. The van der Waals surface area contributed by atoms with Crippen LogP contribution in [0, 0.1) is 10.1 Å². The maximum absolute atomic E-state index is 11.5. The number of nitro benzene ring substituents is 1. The fourth-order valence-electron chi connectivity index (χ4n) is 1.59. The van der Waals surface area contributed by atoms with Crippen molar-refractivity contribution in [2.24, 2.45) is 5.10 Å². The van der Waals surface area contributed by atoms with E-state index in [4.69, 9.17) is 0 Å². The van der Waals surface area contributed by atoms with Crippen LogP contribution in [0.5, 0.6) is 5.75 Å². The molecule has 0 aliphatic heterocycles. The number of anilines is 1. The van der Waals surface area contributed by atoms with E-state index in [0.717, 1.165) is 24.4 Å². The van der Waals surface area contributed by atoms with Gasteiger partial charge in [-0.1, -0.05) is 30.0 Å². The summed E-state index contributed by atoms with van der Waals surface area (Å²) >= 11 is 0. The molecule has 8 heteroatoms. The van der Waals surface area contributed by atoms with E-state index in [9.17, 15) is 20.0 Å². The summed E-state index contributed by atoms with van der Waals surface area (Å²) < 4.78 is 0. The molecule has 0 spiro atoms. The van der Waals surface area contributed by atoms with Crippen molar-refractivity contribution in [2.45, 2.75) is 0 Å². The molecule has 2 aromatic rings. The number of hydrogen-bond acceptors (Lipinski definition) is 5. The zero-order chi connectivity index (χ0) is 15.9. The van der Waals surface area contributed by atoms with E-state index in [2.05, 4.69) is 15.8 Å². The molecule has 112 valence electrons. The number of hydrazone groups is 1. The third kappa shape index (κ3) is 4.04. The minimum Gasteiger partial charge on any atom is -0.872 e. The highest BCUT2D eigenvalue weighted by Crippen LogP contribution is 2.18. The van der Waals surface area contributed by atoms with E-state index >= 15 is 0 Å². The predicted molar refractivity (Wildman–Crippen MR) is 78.7 cm³/mol. The quantitative estimate of drug-likeness (QED) is 0.508. The fourth-order valence-corrected chi connectivity index (χ4v) is 1.59. The second kappa shape index (κ2) is 6.84. The number of nitrogens with one attached hydrogen (secondary N) is 2. The second-order valence-electron chi connectivity index (χ2n) is 4.17. The van der Waals surface area contributed by atoms with Crippen LogP contribution in [-0.4, -0.2) is 17.2 Å². The van der Waals surface area contributed by atoms with Gasteiger partial charge in [0.2, 0.25) is 0 Å². The molecule has 0 saturated carbocycles. The molecule has 22 heavy (non-hydrogen) atoms. The van der Waals surface area contributed by atoms with Gasteiger partial charge in [0.25, 0.3) is 5.69 Å². The van der Waals surface area contributed by atoms with Crippen LogP contribution in [0.3, 0.4) is 0 Å². The Morgan fingerprint density at radius 1 is 1.18 bits per heavy atom. The Morgan fingerprint density at radius 2 is 1.91 bits per heavy atom. The molecule has 0 fully saturated rings. The molecule has 0 aromatic heterocycles. The Hall–Kier alpha value is -3.42. The Bertz CT molecular complexity index is 716. The summed E-state index contributed by atoms with van der Waals surface area (Å²) in [6, 6.07) is 11.4. The Morgan fingerprint density at radius 3 is 2.59 bits per heavy atom. The van der Waals surface area contributed by atoms with E-state index in [0.29, 0.717) is 5.69 Å². The van der Waals surface area contributed by atoms with Gasteiger partial charge in [-0.25, -0.2) is 10.2 Å². The predicted octanol–water partition coefficient (Wildman–Crippen LogP) is 1.82. The van der Waals surface area contributed by atoms with E-state index in [1.807, 2.05) is 0 Å². The lowest BCUT2D eigenvalue weighted by Gasteiger charge is -2.08. The fraction of sp³-hybridized carbons (Fsp3) is 0. The summed E-state index contributed by atoms with van der Waals surface area (Å²) in [7, 11) is 0. The van der Waals surface area contributed by atoms with Gasteiger partial charge < -0.3 is 10.4 Å². The number of rotatable bonds is 4. The van der Waals surface area contributed by atoms with Crippen molar-refractivity contribution < 1.29 is 14.8 Å². The molecular formula is C14H11N4O4-. The molecule has 2 amide bonds. The number of nitro groups is 1. The summed E-state index contributed by atoms with van der Waals surface area (Å²) in [5.41, 5.74) is 2.53. The monoisotopic (exact) mass is 299 g/mol. The number of hydrogen-bond donors (Lipinski definition) is 2. The van der Waals surface area contributed by atoms with E-state index in [-0.39, 0.29) is 11.3 Å². The number of amides is 2. The van der Waals surface area contributed by atoms with Crippen LogP contribution in [0.1, 0.15) is 5.56 Å². The first kappa shape index (κ1) is 15.0. The zero-order valence-corrected chi connectivity index (χ0v) is 11.2. The van der Waals surface area contributed by atoms with Crippen molar-refractivity contribution in [1.29, 1.82) is 0 Å². The molecule has 2 rings (SSSR count). The summed E-state index contributed by atoms with van der Waals surface area (Å²) in [5, 5.41) is 28.3. The van der Waals surface area contributed by atoms with Gasteiger partial charge in [-0.05, 0) is 17.7 Å². The van der Waals surface area contributed by atoms with Gasteiger partial charge in [0, 0.05) is 17.8 Å². The maximum Gasteiger partial charge on any atom is 0.339 e. The molecule has 0 unspecified atom stereocenters. The van der Waals surface area contributed by atoms with Crippen LogP contribution >= 0.6 is 0 Å². The molecule has 2 aromatic carbocycles. The highest BCUT2D eigenvalue weighted by atomic mass is 16.6. The smallest absolute Gasteiger partial charge is 0.339 e. The van der Waals surface area contributed by atoms with Crippen LogP contribution in [-0.2, 0) is 0 Å². The number of carbonyl (C=O) groups excluding carboxylic acids is 1. The van der Waals surface area contributed by atoms with Gasteiger partial charge in [0.05, 0.1) is 11.1 Å². The number of non-ortho nitro benzene ring substituents is 1. The molecule has 0 aliphatic rings. The van der Waals surface area contributed by atoms with E-state index in [1.54, 1.807) is 30.3 Å². The van der Waals surface area contributed by atoms with Crippen molar-refractivity contribution in [3.8, 4) is 5.75 Å². The highest BCUT2D eigenvalue weighted by Gasteiger charge is 2.05. The molecule has 0 saturated heterocycles. The third-order valence-electron chi connectivity index (χ3n) is 2.61. The summed E-state index contributed by atoms with van der Waals surface area (Å²) in [6.45, 7) is 0. The van der Waals surface area contributed by atoms with E-state index < -0.39 is 16.7 Å². The standard InChI is InChI=1S/C14H12N4O4/c19-13-7-6-12(18(21)22)8-10(13)9-15-17-14(20)16-11-4-2-1-3-5-11/h1-9,19H,(H2,16,17,20)/p-1/b15-9-. The van der Waals surface area contributed by atoms with Gasteiger partial charge >= 0.3 is 6.03 Å². The van der Waals surface area contributed by atoms with E-state index in [1.165, 1.54) is 0 Å². The van der Waals surface area contributed by atoms with Crippen LogP contribution in [0.2, 0.25) is 0 Å². The molecule has 2 N–H and O–H groups in total. The van der Waals surface area contributed by atoms with Gasteiger partial charge in [-0.3, -0.25) is 10.1 Å². The van der Waals surface area contributed by atoms with Gasteiger partial charge in [0.15, 0.2) is 0 Å². The second-order valence-corrected chi connectivity index (χ2v) is 4.17. The average Bonchev–Trinajstić information content (AvgIpc) is 2.50. The lowest BCUT2D eigenvalue weighted by molar-refractivity contribution is -0.385. The number of para-hydroxylation sites is 1. The van der Waals surface area contributed by atoms with Crippen molar-refractivity contribution in [3.05, 3.63) is 64.2 Å². The Kier molecular flexibility index (Phi) is 4.66. The molecule has 0 bridgehead atoms. The topological polar surface area (TPSA) is 120 Å². The first-order valence-electron chi connectivity index (χ1n) is 6.17. The molecule has 0 heterocycles. The lowest BCUT2D eigenvalue weighted by Crippen LogP contribution is -2.24. The van der Waals surface area contributed by atoms with Crippen molar-refractivity contribution in [2.75, 3.05) is 5.32 Å². The third-order valence-corrected chi connectivity index (χ3v) is 2.61. The average molecular weight is 299 g/mol. The van der Waals surface area contributed by atoms with Crippen molar-refractivity contribution >= 4 is 23.6 Å². The molecule has 0 radical (unpaired) electrons. The number of benzene rings is 2. The maximum atomic E-state index is 11.5. The van der Waals surface area contributed by atoms with Crippen molar-refractivity contribution in [3.63, 3.8) is 0 Å². The lowest BCUT2D eigenvalue weighted by atomic mass is 10.2. The molecule has 0 atom stereocenters. The number of nitrogens with zero attached hydrogens (tertiary/aromatic N) is 2. The zero-order valence-electron chi connectivity index (χ0n) is 11.2. The van der Waals surface area contributed by atoms with Gasteiger partial charge in [-0.15, -0.1) is 0 Å². The summed E-state index contributed by atoms with van der Waals surface area (Å²) in [6.07, 6.45) is 1.06. The Balaban J connectivity index is 1.99. The summed E-state index contributed by atoms with van der Waals surface area (Å²) in [5.74, 6) is -0.431. The molecule has 8 nitrogen and oxygen atoms in total. The van der Waals surface area contributed by atoms with Crippen LogP contribution in [0.4, 0.5) is 16.2 Å². The first-order valence-corrected chi connectivity index (χ1v) is 6.17. The van der Waals surface area contributed by atoms with Crippen molar-refractivity contribution in [1.82, 2.24) is 5.43 Å². The van der Waals surface area contributed by atoms with Crippen LogP contribution in [0.25, 0.3) is 0 Å². The highest BCUT2D eigenvalue weighted by molar-refractivity contribution is 5.91. The molecule has 0 aliphatic carbocycles. The van der Waals surface area contributed by atoms with Crippen LogP contribution in [0.15, 0.2) is 53.6 Å². The number of carbonyl (C=O) groups is 1. The number of urea groups is 1. The van der Waals surface area contributed by atoms with Gasteiger partial charge in [-0.2, -0.15) is 5.10 Å². The van der Waals surface area contributed by atoms with Gasteiger partial charge in [0.1, 0.15) is 0 Å².